The number of likely N-dealkylation sites (tertiary alicyclic amines) is 1. The third kappa shape index (κ3) is 3.20. The van der Waals surface area contributed by atoms with Crippen LogP contribution in [0.15, 0.2) is 36.9 Å². The molecule has 25 heavy (non-hydrogen) atoms. The molecular weight excluding hydrogens is 333 g/mol. The smallest absolute Gasteiger partial charge is 0.341 e. The largest absolute Gasteiger partial charge is 0.416 e. The van der Waals surface area contributed by atoms with Gasteiger partial charge >= 0.3 is 12.1 Å². The van der Waals surface area contributed by atoms with Crippen LogP contribution in [0.25, 0.3) is 0 Å². The quantitative estimate of drug-likeness (QED) is 0.665. The van der Waals surface area contributed by atoms with Crippen molar-refractivity contribution in [1.82, 2.24) is 9.80 Å². The van der Waals surface area contributed by atoms with Crippen LogP contribution in [0.3, 0.4) is 0 Å². The summed E-state index contributed by atoms with van der Waals surface area (Å²) in [4.78, 5) is 24.5. The van der Waals surface area contributed by atoms with Gasteiger partial charge in [-0.1, -0.05) is 12.6 Å². The molecule has 1 fully saturated rings. The second-order valence-corrected chi connectivity index (χ2v) is 6.82. The van der Waals surface area contributed by atoms with Crippen molar-refractivity contribution in [2.75, 3.05) is 6.54 Å². The number of hydrogen-bond donors (Lipinski definition) is 1. The fraction of sp³-hybridized carbons (Fsp3) is 0.444. The molecule has 0 aliphatic carbocycles. The fourth-order valence-electron chi connectivity index (χ4n) is 3.44. The molecule has 1 N–H and O–H groups in total. The van der Waals surface area contributed by atoms with Crippen LogP contribution in [0.4, 0.5) is 18.9 Å². The Balaban J connectivity index is 2.62. The first kappa shape index (κ1) is 19.2. The number of amides is 2. The zero-order valence-corrected chi connectivity index (χ0v) is 14.5. The highest BCUT2D eigenvalue weighted by Crippen LogP contribution is 2.42. The molecule has 0 spiro atoms. The van der Waals surface area contributed by atoms with E-state index >= 15 is 0 Å². The minimum atomic E-state index is -4.50. The molecule has 136 valence electrons. The van der Waals surface area contributed by atoms with Gasteiger partial charge in [0.1, 0.15) is 11.2 Å². The van der Waals surface area contributed by atoms with Crippen LogP contribution in [-0.4, -0.2) is 29.9 Å². The summed E-state index contributed by atoms with van der Waals surface area (Å²) < 4.78 is 39.1. The second kappa shape index (κ2) is 6.29. The number of rotatable bonds is 4. The molecule has 0 aromatic heterocycles. The number of nitrogens with zero attached hydrogens (tertiary/aromatic N) is 1. The lowest BCUT2D eigenvalue weighted by Gasteiger charge is -2.43. The van der Waals surface area contributed by atoms with Gasteiger partial charge in [0.05, 0.1) is 12.1 Å². The second-order valence-electron chi connectivity index (χ2n) is 6.82. The highest BCUT2D eigenvalue weighted by molar-refractivity contribution is 5.98. The molecule has 1 aliphatic heterocycles. The summed E-state index contributed by atoms with van der Waals surface area (Å²) in [6.45, 7) is 8.87. The van der Waals surface area contributed by atoms with Crippen molar-refractivity contribution in [3.05, 3.63) is 42.5 Å². The molecule has 2 atom stereocenters. The van der Waals surface area contributed by atoms with Gasteiger partial charge in [-0.05, 0) is 32.1 Å². The van der Waals surface area contributed by atoms with E-state index in [0.29, 0.717) is 6.42 Å². The lowest BCUT2D eigenvalue weighted by molar-refractivity contribution is -0.138. The van der Waals surface area contributed by atoms with Gasteiger partial charge in [-0.25, -0.2) is 9.28 Å². The summed E-state index contributed by atoms with van der Waals surface area (Å²) in [7, 11) is 0. The summed E-state index contributed by atoms with van der Waals surface area (Å²) in [5.74, 6) is -0.682. The Morgan fingerprint density at radius 3 is 2.52 bits per heavy atom. The lowest BCUT2D eigenvalue weighted by atomic mass is 9.96. The molecule has 2 amide bonds. The van der Waals surface area contributed by atoms with Crippen LogP contribution in [0, 0.1) is 0 Å². The molecule has 1 aliphatic rings. The van der Waals surface area contributed by atoms with Crippen LogP contribution in [0.2, 0.25) is 0 Å². The molecule has 2 rings (SSSR count). The topological polar surface area (TPSA) is 46.2 Å². The van der Waals surface area contributed by atoms with Crippen molar-refractivity contribution in [2.24, 2.45) is 0 Å². The monoisotopic (exact) mass is 355 g/mol. The molecule has 0 radical (unpaired) electrons. The molecule has 0 saturated carbocycles. The average molecular weight is 355 g/mol. The standard InChI is InChI=1S/C18H21F3N2O2/c1-5-17(3,4)23(10-9-15(16(23)25)22-12(2)24)14-8-6-7-13(11-14)18(19,20)21/h5-8,11,15H,1,9-10H2,2-4H3/p+1. The van der Waals surface area contributed by atoms with Crippen molar-refractivity contribution >= 4 is 17.5 Å². The van der Waals surface area contributed by atoms with Gasteiger partial charge in [0.2, 0.25) is 5.91 Å². The Labute approximate surface area is 144 Å². The zero-order valence-electron chi connectivity index (χ0n) is 14.5. The van der Waals surface area contributed by atoms with E-state index < -0.39 is 23.3 Å². The SMILES string of the molecule is C=CC(C)(C)[N+]1(c2cccc(C(F)(F)F)c2)CCC(NC(C)=O)C1=O. The minimum Gasteiger partial charge on any atom is -0.341 e. The van der Waals surface area contributed by atoms with Crippen LogP contribution in [-0.2, 0) is 15.8 Å². The molecule has 2 unspecified atom stereocenters. The molecule has 1 aromatic rings. The van der Waals surface area contributed by atoms with Crippen LogP contribution >= 0.6 is 0 Å². The number of benzene rings is 1. The molecule has 4 nitrogen and oxygen atoms in total. The van der Waals surface area contributed by atoms with Gasteiger partial charge < -0.3 is 5.32 Å². The Morgan fingerprint density at radius 1 is 1.36 bits per heavy atom. The van der Waals surface area contributed by atoms with E-state index in [0.717, 1.165) is 12.1 Å². The van der Waals surface area contributed by atoms with Crippen molar-refractivity contribution in [3.63, 3.8) is 0 Å². The number of alkyl halides is 3. The van der Waals surface area contributed by atoms with Gasteiger partial charge in [-0.2, -0.15) is 13.2 Å². The van der Waals surface area contributed by atoms with Crippen molar-refractivity contribution in [2.45, 2.75) is 44.9 Å². The van der Waals surface area contributed by atoms with Gasteiger partial charge in [0.15, 0.2) is 6.04 Å². The summed E-state index contributed by atoms with van der Waals surface area (Å²) >= 11 is 0. The highest BCUT2D eigenvalue weighted by atomic mass is 19.4. The Morgan fingerprint density at radius 2 is 2.00 bits per heavy atom. The Bertz CT molecular complexity index is 713. The summed E-state index contributed by atoms with van der Waals surface area (Å²) in [6, 6.07) is 4.09. The maximum absolute atomic E-state index is 13.2. The molecule has 0 bridgehead atoms. The third-order valence-electron chi connectivity index (χ3n) is 4.90. The van der Waals surface area contributed by atoms with Gasteiger partial charge in [0.25, 0.3) is 0 Å². The van der Waals surface area contributed by atoms with Gasteiger partial charge in [-0.3, -0.25) is 4.79 Å². The predicted molar refractivity (Wildman–Crippen MR) is 89.6 cm³/mol. The third-order valence-corrected chi connectivity index (χ3v) is 4.90. The summed E-state index contributed by atoms with van der Waals surface area (Å²) in [6.07, 6.45) is -2.58. The highest BCUT2D eigenvalue weighted by Gasteiger charge is 2.58. The van der Waals surface area contributed by atoms with E-state index in [2.05, 4.69) is 11.9 Å². The Hall–Kier alpha value is -2.15. The van der Waals surface area contributed by atoms with E-state index in [9.17, 15) is 22.8 Å². The lowest BCUT2D eigenvalue weighted by Crippen LogP contribution is -2.65. The van der Waals surface area contributed by atoms with E-state index in [-0.39, 0.29) is 28.5 Å². The molecule has 1 aromatic carbocycles. The number of halogens is 3. The molecule has 1 saturated heterocycles. The van der Waals surface area contributed by atoms with Crippen molar-refractivity contribution in [1.29, 1.82) is 0 Å². The summed E-state index contributed by atoms with van der Waals surface area (Å²) in [5.41, 5.74) is -1.40. The van der Waals surface area contributed by atoms with Gasteiger partial charge in [0, 0.05) is 19.4 Å². The molecule has 7 heteroatoms. The van der Waals surface area contributed by atoms with E-state index in [4.69, 9.17) is 0 Å². The number of carbonyl (C=O) groups is 2. The van der Waals surface area contributed by atoms with Crippen LogP contribution in [0.1, 0.15) is 32.8 Å². The van der Waals surface area contributed by atoms with Gasteiger partial charge in [-0.15, -0.1) is 0 Å². The van der Waals surface area contributed by atoms with E-state index in [1.165, 1.54) is 19.1 Å². The molecule has 1 heterocycles. The average Bonchev–Trinajstić information content (AvgIpc) is 2.84. The maximum atomic E-state index is 13.2. The number of carbonyl (C=O) groups excluding carboxylic acids is 2. The number of hydrogen-bond acceptors (Lipinski definition) is 2. The first-order valence-electron chi connectivity index (χ1n) is 7.97. The van der Waals surface area contributed by atoms with Crippen molar-refractivity contribution < 1.29 is 22.8 Å². The van der Waals surface area contributed by atoms with E-state index in [1.807, 2.05) is 0 Å². The fourth-order valence-corrected chi connectivity index (χ4v) is 3.44. The maximum Gasteiger partial charge on any atom is 0.416 e. The first-order chi connectivity index (χ1) is 11.5. The zero-order chi connectivity index (χ0) is 19.0. The minimum absolute atomic E-state index is 0.248. The van der Waals surface area contributed by atoms with Crippen LogP contribution in [0.5, 0.6) is 0 Å². The molecular formula is C18H22F3N2O2+. The Kier molecular flexibility index (Phi) is 4.83. The predicted octanol–water partition coefficient (Wildman–Crippen LogP) is 3.41. The number of quaternary nitrogens is 1. The normalized spacial score (nSPS) is 24.2. The first-order valence-corrected chi connectivity index (χ1v) is 7.97. The van der Waals surface area contributed by atoms with E-state index in [1.54, 1.807) is 19.9 Å². The van der Waals surface area contributed by atoms with Crippen LogP contribution < -0.4 is 9.80 Å². The van der Waals surface area contributed by atoms with Crippen molar-refractivity contribution in [3.8, 4) is 0 Å². The number of nitrogens with one attached hydrogen (secondary N) is 1. The summed E-state index contributed by atoms with van der Waals surface area (Å²) in [5, 5.41) is 2.60.